The van der Waals surface area contributed by atoms with E-state index in [1.54, 1.807) is 0 Å². The first-order valence-corrected chi connectivity index (χ1v) is 0. The second-order valence-electron chi connectivity index (χ2n) is 0. The second kappa shape index (κ2) is 36.1. The van der Waals surface area contributed by atoms with E-state index in [4.69, 9.17) is 0 Å². The average molecular weight is 83.6 g/mol. The van der Waals surface area contributed by atoms with Crippen LogP contribution in [0.5, 0.6) is 0 Å². The fourth-order valence-electron chi connectivity index (χ4n) is 0. The molecular weight excluding hydrogens is 83.6 g/mol. The Balaban J connectivity index is 0. The fourth-order valence-corrected chi connectivity index (χ4v) is 0. The van der Waals surface area contributed by atoms with Crippen molar-refractivity contribution in [2.24, 2.45) is 0 Å². The first-order chi connectivity index (χ1) is 0. The molecule has 0 aromatic carbocycles. The average Bonchev–Trinajstić information content (AvgIpc) is 0. The van der Waals surface area contributed by atoms with Crippen molar-refractivity contribution in [2.45, 2.75) is 0 Å². The molecule has 0 aliphatic heterocycles. The molecular formula is B2Na2O. The van der Waals surface area contributed by atoms with Gasteiger partial charge in [-0.3, -0.25) is 0 Å². The summed E-state index contributed by atoms with van der Waals surface area (Å²) in [5.41, 5.74) is 0. The molecule has 0 bridgehead atoms. The smallest absolute Gasteiger partial charge is 1.00 e. The molecule has 0 rings (SSSR count). The minimum absolute atomic E-state index is 0. The molecule has 6 radical (unpaired) electrons. The molecule has 0 atom stereocenters. The normalized spacial score (nSPS) is 0. The van der Waals surface area contributed by atoms with Crippen LogP contribution < -0.4 is 59.1 Å². The van der Waals surface area contributed by atoms with Gasteiger partial charge in [-0.2, -0.15) is 0 Å². The molecule has 0 unspecified atom stereocenters. The predicted octanol–water partition coefficient (Wildman–Crippen LogP) is -6.87. The molecule has 1 nitrogen and oxygen atoms in total. The maximum Gasteiger partial charge on any atom is 1.00 e. The Kier molecular flexibility index (Phi) is 435. The van der Waals surface area contributed by atoms with Crippen LogP contribution in [0.15, 0.2) is 0 Å². The van der Waals surface area contributed by atoms with Gasteiger partial charge in [0, 0.05) is 16.8 Å². The number of hydrogen-bond acceptors (Lipinski definition) is 0. The molecule has 0 saturated heterocycles. The molecule has 5 heavy (non-hydrogen) atoms. The van der Waals surface area contributed by atoms with Gasteiger partial charge in [0.05, 0.1) is 0 Å². The van der Waals surface area contributed by atoms with E-state index in [0.717, 1.165) is 0 Å². The standard InChI is InChI=1S/2B.2Na.O/q;;2*+1;-2. The van der Waals surface area contributed by atoms with E-state index in [1.807, 2.05) is 0 Å². The number of hydrogen-bond donors (Lipinski definition) is 0. The summed E-state index contributed by atoms with van der Waals surface area (Å²) in [7, 11) is 0. The first-order valence-electron chi connectivity index (χ1n) is 0. The monoisotopic (exact) mass is 84.0 g/mol. The zero-order chi connectivity index (χ0) is 0. The Bertz CT molecular complexity index is 7.61. The van der Waals surface area contributed by atoms with E-state index in [-0.39, 0.29) is 81.4 Å². The van der Waals surface area contributed by atoms with Crippen LogP contribution in [-0.2, 0) is 5.48 Å². The van der Waals surface area contributed by atoms with Crippen LogP contribution in [0.1, 0.15) is 0 Å². The van der Waals surface area contributed by atoms with Crippen molar-refractivity contribution in [3.05, 3.63) is 0 Å². The quantitative estimate of drug-likeness (QED) is 0.261. The molecule has 0 spiro atoms. The molecule has 0 aromatic heterocycles. The summed E-state index contributed by atoms with van der Waals surface area (Å²) in [4.78, 5) is 0. The van der Waals surface area contributed by atoms with Crippen molar-refractivity contribution in [1.82, 2.24) is 0 Å². The Morgan fingerprint density at radius 1 is 0.600 bits per heavy atom. The molecule has 0 aliphatic rings. The summed E-state index contributed by atoms with van der Waals surface area (Å²) < 4.78 is 0. The van der Waals surface area contributed by atoms with Gasteiger partial charge in [-0.25, -0.2) is 0 Å². The van der Waals surface area contributed by atoms with Crippen molar-refractivity contribution >= 4 is 16.8 Å². The van der Waals surface area contributed by atoms with Crippen LogP contribution >= 0.6 is 0 Å². The summed E-state index contributed by atoms with van der Waals surface area (Å²) in [5, 5.41) is 0. The summed E-state index contributed by atoms with van der Waals surface area (Å²) in [6.45, 7) is 0. The van der Waals surface area contributed by atoms with Gasteiger partial charge in [0.15, 0.2) is 0 Å². The second-order valence-corrected chi connectivity index (χ2v) is 0. The van der Waals surface area contributed by atoms with Crippen molar-refractivity contribution in [3.63, 3.8) is 0 Å². The van der Waals surface area contributed by atoms with Crippen LogP contribution in [0.3, 0.4) is 0 Å². The third kappa shape index (κ3) is 23.3. The van der Waals surface area contributed by atoms with Crippen molar-refractivity contribution < 1.29 is 64.6 Å². The summed E-state index contributed by atoms with van der Waals surface area (Å²) in [6, 6.07) is 0. The SMILES string of the molecule is [B].[B].[Na+].[Na+].[O-2]. The van der Waals surface area contributed by atoms with Crippen molar-refractivity contribution in [2.75, 3.05) is 0 Å². The third-order valence-electron chi connectivity index (χ3n) is 0. The Hall–Kier alpha value is 2.09. The Morgan fingerprint density at radius 2 is 0.600 bits per heavy atom. The molecule has 0 amide bonds. The van der Waals surface area contributed by atoms with Crippen LogP contribution in [0.2, 0.25) is 0 Å². The van der Waals surface area contributed by atoms with Crippen LogP contribution in [0.4, 0.5) is 0 Å². The third-order valence-corrected chi connectivity index (χ3v) is 0. The van der Waals surface area contributed by atoms with Crippen LogP contribution in [0, 0.1) is 0 Å². The molecule has 0 aliphatic carbocycles. The molecule has 0 saturated carbocycles. The van der Waals surface area contributed by atoms with Gasteiger partial charge in [0.2, 0.25) is 0 Å². The minimum atomic E-state index is 0. The van der Waals surface area contributed by atoms with E-state index >= 15 is 0 Å². The molecule has 5 heteroatoms. The van der Waals surface area contributed by atoms with E-state index in [2.05, 4.69) is 0 Å². The van der Waals surface area contributed by atoms with Crippen LogP contribution in [0.25, 0.3) is 0 Å². The Morgan fingerprint density at radius 3 is 0.600 bits per heavy atom. The van der Waals surface area contributed by atoms with Crippen LogP contribution in [-0.4, -0.2) is 16.8 Å². The van der Waals surface area contributed by atoms with Gasteiger partial charge in [0.1, 0.15) is 0 Å². The predicted molar refractivity (Wildman–Crippen MR) is 12.2 cm³/mol. The zero-order valence-electron chi connectivity index (χ0n) is 3.56. The molecule has 0 N–H and O–H groups in total. The summed E-state index contributed by atoms with van der Waals surface area (Å²) in [6.07, 6.45) is 0. The van der Waals surface area contributed by atoms with E-state index in [9.17, 15) is 0 Å². The molecule has 0 aromatic rings. The van der Waals surface area contributed by atoms with Crippen molar-refractivity contribution in [1.29, 1.82) is 0 Å². The summed E-state index contributed by atoms with van der Waals surface area (Å²) in [5.74, 6) is 0. The van der Waals surface area contributed by atoms with Gasteiger partial charge in [-0.15, -0.1) is 0 Å². The van der Waals surface area contributed by atoms with E-state index in [1.165, 1.54) is 0 Å². The summed E-state index contributed by atoms with van der Waals surface area (Å²) >= 11 is 0. The minimum Gasteiger partial charge on any atom is -2.00 e. The van der Waals surface area contributed by atoms with Gasteiger partial charge in [-0.1, -0.05) is 0 Å². The fraction of sp³-hybridized carbons (Fsp3) is 0. The van der Waals surface area contributed by atoms with Gasteiger partial charge < -0.3 is 5.48 Å². The van der Waals surface area contributed by atoms with E-state index < -0.39 is 0 Å². The topological polar surface area (TPSA) is 28.5 Å². The zero-order valence-corrected chi connectivity index (χ0v) is 7.56. The molecule has 14 valence electrons. The maximum atomic E-state index is 0. The van der Waals surface area contributed by atoms with Gasteiger partial charge in [0.25, 0.3) is 0 Å². The molecule has 0 fully saturated rings. The maximum absolute atomic E-state index is 0. The Labute approximate surface area is 80.3 Å². The van der Waals surface area contributed by atoms with Crippen molar-refractivity contribution in [3.8, 4) is 0 Å². The van der Waals surface area contributed by atoms with E-state index in [0.29, 0.717) is 0 Å². The largest absolute Gasteiger partial charge is 2.00 e. The van der Waals surface area contributed by atoms with Gasteiger partial charge >= 0.3 is 59.1 Å². The van der Waals surface area contributed by atoms with Gasteiger partial charge in [-0.05, 0) is 0 Å². The first kappa shape index (κ1) is 60.2. The molecule has 0 heterocycles. The number of rotatable bonds is 0.